The van der Waals surface area contributed by atoms with Gasteiger partial charge in [-0.2, -0.15) is 0 Å². The summed E-state index contributed by atoms with van der Waals surface area (Å²) >= 11 is 3.15. The van der Waals surface area contributed by atoms with Gasteiger partial charge in [0.25, 0.3) is 0 Å². The number of nitrogens with one attached hydrogen (secondary N) is 1. The van der Waals surface area contributed by atoms with E-state index in [1.807, 2.05) is 0 Å². The van der Waals surface area contributed by atoms with Crippen LogP contribution in [0.15, 0.2) is 28.6 Å². The number of nitrogens with zero attached hydrogens (tertiary/aromatic N) is 1. The molecule has 140 valence electrons. The number of rotatable bonds is 6. The lowest BCUT2D eigenvalue weighted by Crippen LogP contribution is -2.20. The zero-order valence-electron chi connectivity index (χ0n) is 15.2. The molecule has 0 spiro atoms. The van der Waals surface area contributed by atoms with Crippen LogP contribution in [0.25, 0.3) is 0 Å². The van der Waals surface area contributed by atoms with Crippen LogP contribution in [0.3, 0.4) is 0 Å². The third-order valence-corrected chi connectivity index (χ3v) is 6.80. The van der Waals surface area contributed by atoms with Gasteiger partial charge in [-0.1, -0.05) is 13.8 Å². The van der Waals surface area contributed by atoms with Gasteiger partial charge in [-0.15, -0.1) is 11.3 Å². The summed E-state index contributed by atoms with van der Waals surface area (Å²) in [5.74, 6) is 0.108. The molecule has 26 heavy (non-hydrogen) atoms. The quantitative estimate of drug-likeness (QED) is 0.619. The molecule has 1 aliphatic rings. The van der Waals surface area contributed by atoms with Crippen molar-refractivity contribution in [1.29, 1.82) is 0 Å². The van der Waals surface area contributed by atoms with Crippen molar-refractivity contribution in [2.45, 2.75) is 50.5 Å². The fourth-order valence-electron chi connectivity index (χ4n) is 3.17. The van der Waals surface area contributed by atoms with Crippen LogP contribution in [-0.2, 0) is 0 Å². The van der Waals surface area contributed by atoms with Crippen molar-refractivity contribution in [1.82, 2.24) is 4.98 Å². The Morgan fingerprint density at radius 1 is 1.38 bits per heavy atom. The van der Waals surface area contributed by atoms with Crippen molar-refractivity contribution in [3.63, 3.8) is 0 Å². The molecule has 1 fully saturated rings. The second kappa shape index (κ2) is 7.88. The van der Waals surface area contributed by atoms with Crippen LogP contribution < -0.4 is 9.46 Å². The Hall–Kier alpha value is -1.73. The molecule has 0 saturated heterocycles. The minimum absolute atomic E-state index is 0.202. The molecule has 2 aromatic rings. The topological polar surface area (TPSA) is 71.5 Å². The second-order valence-corrected chi connectivity index (χ2v) is 9.10. The molecule has 1 saturated carbocycles. The normalized spacial score (nSPS) is 17.0. The average Bonchev–Trinajstić information content (AvgIpc) is 3.08. The molecule has 5 nitrogen and oxygen atoms in total. The highest BCUT2D eigenvalue weighted by Crippen LogP contribution is 2.43. The van der Waals surface area contributed by atoms with E-state index in [9.17, 15) is 4.79 Å². The monoisotopic (exact) mass is 392 g/mol. The van der Waals surface area contributed by atoms with E-state index in [0.29, 0.717) is 17.1 Å². The van der Waals surface area contributed by atoms with Gasteiger partial charge in [-0.3, -0.25) is 0 Å². The number of aromatic carboxylic acids is 1. The zero-order chi connectivity index (χ0) is 18.7. The SMILES string of the molecule is COc1cc(C(=O)O)ccc1NSc1csc(C2CCC(C)(C)CC2)n1. The molecule has 0 aliphatic heterocycles. The number of aromatic nitrogens is 1. The fourth-order valence-corrected chi connectivity index (χ4v) is 4.94. The lowest BCUT2D eigenvalue weighted by molar-refractivity contribution is 0.0696. The lowest BCUT2D eigenvalue weighted by Gasteiger charge is -2.33. The van der Waals surface area contributed by atoms with Crippen LogP contribution in [0.4, 0.5) is 5.69 Å². The maximum atomic E-state index is 11.1. The van der Waals surface area contributed by atoms with Crippen LogP contribution >= 0.6 is 23.3 Å². The molecule has 0 unspecified atom stereocenters. The van der Waals surface area contributed by atoms with Crippen molar-refractivity contribution < 1.29 is 14.6 Å². The van der Waals surface area contributed by atoms with E-state index in [4.69, 9.17) is 14.8 Å². The van der Waals surface area contributed by atoms with Crippen LogP contribution in [0.2, 0.25) is 0 Å². The smallest absolute Gasteiger partial charge is 0.335 e. The Kier molecular flexibility index (Phi) is 5.77. The van der Waals surface area contributed by atoms with Crippen LogP contribution in [-0.4, -0.2) is 23.2 Å². The minimum atomic E-state index is -0.970. The molecular weight excluding hydrogens is 368 g/mol. The van der Waals surface area contributed by atoms with E-state index in [1.165, 1.54) is 55.8 Å². The van der Waals surface area contributed by atoms with Gasteiger partial charge in [0.2, 0.25) is 0 Å². The van der Waals surface area contributed by atoms with Gasteiger partial charge in [0.1, 0.15) is 10.8 Å². The third kappa shape index (κ3) is 4.51. The Balaban J connectivity index is 1.63. The van der Waals surface area contributed by atoms with Gasteiger partial charge < -0.3 is 14.6 Å². The maximum absolute atomic E-state index is 11.1. The van der Waals surface area contributed by atoms with E-state index in [-0.39, 0.29) is 5.56 Å². The molecule has 2 N–H and O–H groups in total. The Bertz CT molecular complexity index is 779. The summed E-state index contributed by atoms with van der Waals surface area (Å²) in [4.78, 5) is 15.8. The molecule has 1 aromatic carbocycles. The lowest BCUT2D eigenvalue weighted by atomic mass is 9.73. The highest BCUT2D eigenvalue weighted by atomic mass is 32.2. The predicted molar refractivity (Wildman–Crippen MR) is 107 cm³/mol. The first-order chi connectivity index (χ1) is 12.4. The number of hydrogen-bond acceptors (Lipinski definition) is 6. The van der Waals surface area contributed by atoms with E-state index in [2.05, 4.69) is 23.9 Å². The van der Waals surface area contributed by atoms with Gasteiger partial charge >= 0.3 is 5.97 Å². The van der Waals surface area contributed by atoms with Crippen LogP contribution in [0.1, 0.15) is 60.8 Å². The molecule has 1 heterocycles. The first-order valence-corrected chi connectivity index (χ1v) is 10.4. The van der Waals surface area contributed by atoms with Gasteiger partial charge in [0, 0.05) is 23.2 Å². The molecule has 1 aliphatic carbocycles. The van der Waals surface area contributed by atoms with Crippen molar-refractivity contribution in [2.24, 2.45) is 5.41 Å². The van der Waals surface area contributed by atoms with Crippen molar-refractivity contribution in [2.75, 3.05) is 11.8 Å². The molecule has 7 heteroatoms. The summed E-state index contributed by atoms with van der Waals surface area (Å²) in [6, 6.07) is 4.79. The minimum Gasteiger partial charge on any atom is -0.495 e. The Labute approximate surface area is 162 Å². The average molecular weight is 393 g/mol. The van der Waals surface area contributed by atoms with Gasteiger partial charge in [-0.25, -0.2) is 9.78 Å². The standard InChI is InChI=1S/C19H24N2O3S2/c1-19(2)8-6-12(7-9-19)17-20-16(11-25-17)26-21-14-5-4-13(18(22)23)10-15(14)24-3/h4-5,10-12,21H,6-9H2,1-3H3,(H,22,23). The van der Waals surface area contributed by atoms with E-state index in [1.54, 1.807) is 23.5 Å². The van der Waals surface area contributed by atoms with Gasteiger partial charge in [-0.05, 0) is 49.3 Å². The number of carbonyl (C=O) groups is 1. The van der Waals surface area contributed by atoms with E-state index < -0.39 is 5.97 Å². The number of carboxylic acids is 1. The number of hydrogen-bond donors (Lipinski definition) is 2. The first kappa shape index (κ1) is 19.0. The highest BCUT2D eigenvalue weighted by molar-refractivity contribution is 8.00. The molecular formula is C19H24N2O3S2. The molecule has 3 rings (SSSR count). The first-order valence-electron chi connectivity index (χ1n) is 8.67. The second-order valence-electron chi connectivity index (χ2n) is 7.39. The fraction of sp³-hybridized carbons (Fsp3) is 0.474. The Morgan fingerprint density at radius 3 is 2.77 bits per heavy atom. The molecule has 0 radical (unpaired) electrons. The molecule has 0 atom stereocenters. The van der Waals surface area contributed by atoms with E-state index >= 15 is 0 Å². The number of carboxylic acid groups (broad SMARTS) is 1. The summed E-state index contributed by atoms with van der Waals surface area (Å²) in [6.07, 6.45) is 4.93. The van der Waals surface area contributed by atoms with Crippen molar-refractivity contribution in [3.8, 4) is 5.75 Å². The summed E-state index contributed by atoms with van der Waals surface area (Å²) in [7, 11) is 1.53. The van der Waals surface area contributed by atoms with Crippen molar-refractivity contribution in [3.05, 3.63) is 34.2 Å². The van der Waals surface area contributed by atoms with Crippen molar-refractivity contribution >= 4 is 34.9 Å². The largest absolute Gasteiger partial charge is 0.495 e. The molecule has 0 amide bonds. The van der Waals surface area contributed by atoms with Gasteiger partial charge in [0.05, 0.1) is 23.4 Å². The number of benzene rings is 1. The predicted octanol–water partition coefficient (Wildman–Crippen LogP) is 5.65. The van der Waals surface area contributed by atoms with Crippen LogP contribution in [0, 0.1) is 5.41 Å². The van der Waals surface area contributed by atoms with Crippen LogP contribution in [0.5, 0.6) is 5.75 Å². The number of thiazole rings is 1. The molecule has 0 bridgehead atoms. The third-order valence-electron chi connectivity index (χ3n) is 4.90. The van der Waals surface area contributed by atoms with Gasteiger partial charge in [0.15, 0.2) is 0 Å². The number of methoxy groups -OCH3 is 1. The summed E-state index contributed by atoms with van der Waals surface area (Å²) in [5.41, 5.74) is 1.40. The summed E-state index contributed by atoms with van der Waals surface area (Å²) < 4.78 is 8.51. The summed E-state index contributed by atoms with van der Waals surface area (Å²) in [6.45, 7) is 4.69. The highest BCUT2D eigenvalue weighted by Gasteiger charge is 2.29. The zero-order valence-corrected chi connectivity index (χ0v) is 16.9. The number of anilines is 1. The maximum Gasteiger partial charge on any atom is 0.335 e. The molecule has 1 aromatic heterocycles. The Morgan fingerprint density at radius 2 is 2.12 bits per heavy atom. The van der Waals surface area contributed by atoms with E-state index in [0.717, 1.165) is 10.7 Å². The summed E-state index contributed by atoms with van der Waals surface area (Å²) in [5, 5.41) is 13.3. The number of ether oxygens (including phenoxy) is 1.